The molecule has 0 unspecified atom stereocenters. The number of rotatable bonds is 8. The summed E-state index contributed by atoms with van der Waals surface area (Å²) in [5.74, 6) is -0.300. The highest BCUT2D eigenvalue weighted by atomic mass is 79.9. The molecule has 1 amide bonds. The van der Waals surface area contributed by atoms with Crippen LogP contribution in [0.15, 0.2) is 113 Å². The van der Waals surface area contributed by atoms with Crippen molar-refractivity contribution in [3.63, 3.8) is 0 Å². The van der Waals surface area contributed by atoms with Crippen molar-refractivity contribution in [1.29, 1.82) is 0 Å². The second-order valence-corrected chi connectivity index (χ2v) is 10.3. The summed E-state index contributed by atoms with van der Waals surface area (Å²) >= 11 is 9.84. The number of nitrogens with one attached hydrogen (secondary N) is 1. The van der Waals surface area contributed by atoms with Crippen LogP contribution in [0.5, 0.6) is 5.75 Å². The first-order chi connectivity index (χ1) is 19.4. The van der Waals surface area contributed by atoms with Crippen LogP contribution in [0.25, 0.3) is 16.9 Å². The SMILES string of the molecule is Cc1ccc(-c2ccccc2)n1-c1ccc(C(=O)N/N=C/c2cc(Cl)c(OCc3ccccc3F)c(Br)c2)cc1. The van der Waals surface area contributed by atoms with Crippen molar-refractivity contribution in [2.75, 3.05) is 0 Å². The second-order valence-electron chi connectivity index (χ2n) is 9.00. The third kappa shape index (κ3) is 6.17. The number of hydrogen-bond donors (Lipinski definition) is 1. The van der Waals surface area contributed by atoms with Crippen molar-refractivity contribution >= 4 is 39.7 Å². The molecular weight excluding hydrogens is 593 g/mol. The van der Waals surface area contributed by atoms with Gasteiger partial charge in [0.1, 0.15) is 12.4 Å². The molecule has 0 atom stereocenters. The molecule has 0 fully saturated rings. The topological polar surface area (TPSA) is 55.6 Å². The average molecular weight is 617 g/mol. The number of aryl methyl sites for hydroxylation is 1. The van der Waals surface area contributed by atoms with E-state index in [1.165, 1.54) is 12.3 Å². The van der Waals surface area contributed by atoms with Crippen LogP contribution >= 0.6 is 27.5 Å². The standard InChI is InChI=1S/C32H24BrClFN3O2/c1-21-11-16-30(23-7-3-2-4-8-23)38(21)26-14-12-24(13-15-26)32(39)37-36-19-22-17-27(33)31(28(34)18-22)40-20-25-9-5-6-10-29(25)35/h2-19H,20H2,1H3,(H,37,39)/b36-19+. The number of benzene rings is 4. The number of hydrogen-bond acceptors (Lipinski definition) is 3. The minimum atomic E-state index is -0.347. The molecule has 0 aliphatic heterocycles. The first kappa shape index (κ1) is 27.4. The summed E-state index contributed by atoms with van der Waals surface area (Å²) in [4.78, 5) is 12.7. The van der Waals surface area contributed by atoms with Crippen LogP contribution < -0.4 is 10.2 Å². The van der Waals surface area contributed by atoms with E-state index >= 15 is 0 Å². The Balaban J connectivity index is 1.24. The number of nitrogens with zero attached hydrogens (tertiary/aromatic N) is 2. The molecule has 40 heavy (non-hydrogen) atoms. The third-order valence-corrected chi connectivity index (χ3v) is 7.13. The predicted octanol–water partition coefficient (Wildman–Crippen LogP) is 8.35. The monoisotopic (exact) mass is 615 g/mol. The molecule has 1 aromatic heterocycles. The molecule has 0 spiro atoms. The molecular formula is C32H24BrClFN3O2. The van der Waals surface area contributed by atoms with Gasteiger partial charge in [0, 0.05) is 22.5 Å². The van der Waals surface area contributed by atoms with Crippen molar-refractivity contribution in [1.82, 2.24) is 9.99 Å². The van der Waals surface area contributed by atoms with E-state index in [0.29, 0.717) is 31.9 Å². The zero-order valence-corrected chi connectivity index (χ0v) is 23.8. The smallest absolute Gasteiger partial charge is 0.271 e. The van der Waals surface area contributed by atoms with Crippen LogP contribution in [0.2, 0.25) is 5.02 Å². The summed E-state index contributed by atoms with van der Waals surface area (Å²) in [6.07, 6.45) is 1.48. The van der Waals surface area contributed by atoms with Crippen LogP contribution in [0.3, 0.4) is 0 Å². The highest BCUT2D eigenvalue weighted by Crippen LogP contribution is 2.35. The summed E-state index contributed by atoms with van der Waals surface area (Å²) in [7, 11) is 0. The fourth-order valence-electron chi connectivity index (χ4n) is 4.26. The molecule has 1 N–H and O–H groups in total. The molecule has 8 heteroatoms. The van der Waals surface area contributed by atoms with Crippen LogP contribution in [0.1, 0.15) is 27.2 Å². The first-order valence-electron chi connectivity index (χ1n) is 12.4. The van der Waals surface area contributed by atoms with E-state index in [1.54, 1.807) is 42.5 Å². The maximum Gasteiger partial charge on any atom is 0.271 e. The largest absolute Gasteiger partial charge is 0.486 e. The highest BCUT2D eigenvalue weighted by Gasteiger charge is 2.12. The van der Waals surface area contributed by atoms with Crippen molar-refractivity contribution in [2.45, 2.75) is 13.5 Å². The van der Waals surface area contributed by atoms with E-state index in [-0.39, 0.29) is 18.3 Å². The summed E-state index contributed by atoms with van der Waals surface area (Å²) in [6, 6.07) is 31.5. The van der Waals surface area contributed by atoms with Gasteiger partial charge >= 0.3 is 0 Å². The molecule has 5 nitrogen and oxygen atoms in total. The summed E-state index contributed by atoms with van der Waals surface area (Å²) in [5, 5.41) is 4.40. The van der Waals surface area contributed by atoms with E-state index < -0.39 is 0 Å². The number of ether oxygens (including phenoxy) is 1. The lowest BCUT2D eigenvalue weighted by Gasteiger charge is -2.13. The quantitative estimate of drug-likeness (QED) is 0.141. The molecule has 0 saturated carbocycles. The Bertz CT molecular complexity index is 1660. The lowest BCUT2D eigenvalue weighted by atomic mass is 10.1. The van der Waals surface area contributed by atoms with Crippen molar-refractivity contribution in [3.8, 4) is 22.7 Å². The van der Waals surface area contributed by atoms with Crippen molar-refractivity contribution < 1.29 is 13.9 Å². The Labute approximate surface area is 245 Å². The van der Waals surface area contributed by atoms with Gasteiger partial charge in [-0.1, -0.05) is 60.1 Å². The van der Waals surface area contributed by atoms with Gasteiger partial charge in [0.05, 0.1) is 21.4 Å². The zero-order valence-electron chi connectivity index (χ0n) is 21.4. The normalized spacial score (nSPS) is 11.1. The van der Waals surface area contributed by atoms with Gasteiger partial charge in [-0.2, -0.15) is 5.10 Å². The Kier molecular flexibility index (Phi) is 8.43. The number of carbonyl (C=O) groups excluding carboxylic acids is 1. The summed E-state index contributed by atoms with van der Waals surface area (Å²) in [5.41, 5.74) is 8.33. The summed E-state index contributed by atoms with van der Waals surface area (Å²) < 4.78 is 22.4. The van der Waals surface area contributed by atoms with Crippen LogP contribution in [-0.4, -0.2) is 16.7 Å². The van der Waals surface area contributed by atoms with E-state index in [0.717, 1.165) is 22.6 Å². The highest BCUT2D eigenvalue weighted by molar-refractivity contribution is 9.10. The van der Waals surface area contributed by atoms with Gasteiger partial charge < -0.3 is 9.30 Å². The third-order valence-electron chi connectivity index (χ3n) is 6.26. The fraction of sp³-hybridized carbons (Fsp3) is 0.0625. The average Bonchev–Trinajstić information content (AvgIpc) is 3.35. The lowest BCUT2D eigenvalue weighted by Crippen LogP contribution is -2.17. The molecule has 200 valence electrons. The van der Waals surface area contributed by atoms with Gasteiger partial charge in [-0.15, -0.1) is 0 Å². The number of halogens is 3. The fourth-order valence-corrected chi connectivity index (χ4v) is 5.25. The van der Waals surface area contributed by atoms with Crippen LogP contribution in [0, 0.1) is 12.7 Å². The molecule has 0 saturated heterocycles. The lowest BCUT2D eigenvalue weighted by molar-refractivity contribution is 0.0955. The minimum absolute atomic E-state index is 0.0325. The number of amides is 1. The molecule has 4 aromatic carbocycles. The van der Waals surface area contributed by atoms with Crippen LogP contribution in [-0.2, 0) is 6.61 Å². The molecule has 1 heterocycles. The van der Waals surface area contributed by atoms with Gasteiger partial charge in [0.25, 0.3) is 5.91 Å². The van der Waals surface area contributed by atoms with Crippen molar-refractivity contribution in [2.24, 2.45) is 5.10 Å². The van der Waals surface area contributed by atoms with Gasteiger partial charge in [0.2, 0.25) is 0 Å². The number of aromatic nitrogens is 1. The van der Waals surface area contributed by atoms with Gasteiger partial charge in [-0.05, 0) is 88.6 Å². The maximum absolute atomic E-state index is 13.9. The van der Waals surface area contributed by atoms with Gasteiger partial charge in [0.15, 0.2) is 5.75 Å². The van der Waals surface area contributed by atoms with Gasteiger partial charge in [-0.3, -0.25) is 4.79 Å². The number of carbonyl (C=O) groups is 1. The maximum atomic E-state index is 13.9. The molecule has 5 aromatic rings. The van der Waals surface area contributed by atoms with Crippen molar-refractivity contribution in [3.05, 3.63) is 141 Å². The molecule has 0 aliphatic rings. The first-order valence-corrected chi connectivity index (χ1v) is 13.6. The Morgan fingerprint density at radius 2 is 1.73 bits per heavy atom. The number of hydrazone groups is 1. The Morgan fingerprint density at radius 3 is 2.45 bits per heavy atom. The van der Waals surface area contributed by atoms with E-state index in [4.69, 9.17) is 16.3 Å². The minimum Gasteiger partial charge on any atom is -0.486 e. The second kappa shape index (κ2) is 12.3. The predicted molar refractivity (Wildman–Crippen MR) is 161 cm³/mol. The van der Waals surface area contributed by atoms with E-state index in [9.17, 15) is 9.18 Å². The molecule has 0 radical (unpaired) electrons. The summed E-state index contributed by atoms with van der Waals surface area (Å²) in [6.45, 7) is 2.08. The molecule has 0 bridgehead atoms. The zero-order chi connectivity index (χ0) is 28.1. The molecule has 0 aliphatic carbocycles. The van der Waals surface area contributed by atoms with Gasteiger partial charge in [-0.25, -0.2) is 9.82 Å². The van der Waals surface area contributed by atoms with Crippen LogP contribution in [0.4, 0.5) is 4.39 Å². The molecule has 5 rings (SSSR count). The Morgan fingerprint density at radius 1 is 1.00 bits per heavy atom. The Hall–Kier alpha value is -4.20. The van der Waals surface area contributed by atoms with E-state index in [1.807, 2.05) is 37.3 Å². The van der Waals surface area contributed by atoms with E-state index in [2.05, 4.69) is 55.3 Å².